The van der Waals surface area contributed by atoms with Crippen LogP contribution in [0.25, 0.3) is 0 Å². The molecule has 0 aliphatic carbocycles. The monoisotopic (exact) mass is 243 g/mol. The van der Waals surface area contributed by atoms with E-state index in [9.17, 15) is 0 Å². The summed E-state index contributed by atoms with van der Waals surface area (Å²) in [7, 11) is 4.08. The van der Waals surface area contributed by atoms with Crippen molar-refractivity contribution < 1.29 is 4.74 Å². The molecule has 0 saturated carbocycles. The molecule has 90 valence electrons. The quantitative estimate of drug-likeness (QED) is 0.566. The Bertz CT molecular complexity index is 331. The second-order valence-corrected chi connectivity index (χ2v) is 4.19. The third-order valence-corrected chi connectivity index (χ3v) is 2.23. The van der Waals surface area contributed by atoms with Crippen LogP contribution in [-0.2, 0) is 6.42 Å². The van der Waals surface area contributed by atoms with Crippen LogP contribution in [0.1, 0.15) is 19.2 Å². The van der Waals surface area contributed by atoms with Gasteiger partial charge in [0.2, 0.25) is 5.88 Å². The predicted molar refractivity (Wildman–Crippen MR) is 65.1 cm³/mol. The van der Waals surface area contributed by atoms with Crippen LogP contribution in [0.2, 0.25) is 5.15 Å². The van der Waals surface area contributed by atoms with Crippen LogP contribution < -0.4 is 4.74 Å². The lowest BCUT2D eigenvalue weighted by atomic mass is 10.4. The normalized spacial score (nSPS) is 10.8. The second kappa shape index (κ2) is 6.66. The molecule has 1 aromatic rings. The van der Waals surface area contributed by atoms with Gasteiger partial charge in [-0.05, 0) is 20.5 Å². The SMILES string of the molecule is CCc1nc(Cl)cc(OCCCN(C)C)n1. The average molecular weight is 244 g/mol. The van der Waals surface area contributed by atoms with Crippen molar-refractivity contribution in [1.82, 2.24) is 14.9 Å². The Hall–Kier alpha value is -0.870. The third-order valence-electron chi connectivity index (χ3n) is 2.03. The highest BCUT2D eigenvalue weighted by Crippen LogP contribution is 2.14. The molecule has 0 unspecified atom stereocenters. The van der Waals surface area contributed by atoms with E-state index in [-0.39, 0.29) is 0 Å². The number of aromatic nitrogens is 2. The number of rotatable bonds is 6. The molecule has 1 heterocycles. The fourth-order valence-electron chi connectivity index (χ4n) is 1.23. The zero-order valence-corrected chi connectivity index (χ0v) is 10.8. The fourth-order valence-corrected chi connectivity index (χ4v) is 1.42. The molecule has 1 aromatic heterocycles. The highest BCUT2D eigenvalue weighted by atomic mass is 35.5. The summed E-state index contributed by atoms with van der Waals surface area (Å²) < 4.78 is 5.52. The minimum Gasteiger partial charge on any atom is -0.477 e. The van der Waals surface area contributed by atoms with Gasteiger partial charge in [0.15, 0.2) is 0 Å². The van der Waals surface area contributed by atoms with Crippen molar-refractivity contribution in [1.29, 1.82) is 0 Å². The van der Waals surface area contributed by atoms with E-state index < -0.39 is 0 Å². The van der Waals surface area contributed by atoms with E-state index in [4.69, 9.17) is 16.3 Å². The summed E-state index contributed by atoms with van der Waals surface area (Å²) in [4.78, 5) is 10.4. The van der Waals surface area contributed by atoms with Crippen LogP contribution >= 0.6 is 11.6 Å². The fraction of sp³-hybridized carbons (Fsp3) is 0.636. The second-order valence-electron chi connectivity index (χ2n) is 3.80. The number of hydrogen-bond donors (Lipinski definition) is 0. The molecule has 0 spiro atoms. The number of aryl methyl sites for hydroxylation is 1. The molecule has 0 atom stereocenters. The number of hydrogen-bond acceptors (Lipinski definition) is 4. The van der Waals surface area contributed by atoms with Crippen molar-refractivity contribution >= 4 is 11.6 Å². The molecule has 5 heteroatoms. The topological polar surface area (TPSA) is 38.2 Å². The highest BCUT2D eigenvalue weighted by molar-refractivity contribution is 6.29. The van der Waals surface area contributed by atoms with Gasteiger partial charge in [-0.15, -0.1) is 0 Å². The summed E-state index contributed by atoms with van der Waals surface area (Å²) in [5.41, 5.74) is 0. The van der Waals surface area contributed by atoms with Gasteiger partial charge in [0.1, 0.15) is 11.0 Å². The van der Waals surface area contributed by atoms with Gasteiger partial charge in [-0.1, -0.05) is 18.5 Å². The zero-order chi connectivity index (χ0) is 12.0. The van der Waals surface area contributed by atoms with E-state index in [1.165, 1.54) is 0 Å². The van der Waals surface area contributed by atoms with Gasteiger partial charge in [0.05, 0.1) is 6.61 Å². The Morgan fingerprint density at radius 3 is 2.75 bits per heavy atom. The largest absolute Gasteiger partial charge is 0.477 e. The molecule has 4 nitrogen and oxygen atoms in total. The van der Waals surface area contributed by atoms with Crippen LogP contribution in [-0.4, -0.2) is 42.1 Å². The number of nitrogens with zero attached hydrogens (tertiary/aromatic N) is 3. The molecule has 0 aliphatic heterocycles. The van der Waals surface area contributed by atoms with Crippen LogP contribution in [0.15, 0.2) is 6.07 Å². The van der Waals surface area contributed by atoms with Gasteiger partial charge in [0.25, 0.3) is 0 Å². The molecular weight excluding hydrogens is 226 g/mol. The van der Waals surface area contributed by atoms with Crippen LogP contribution in [0, 0.1) is 0 Å². The van der Waals surface area contributed by atoms with E-state index in [1.54, 1.807) is 6.07 Å². The van der Waals surface area contributed by atoms with Crippen molar-refractivity contribution in [3.05, 3.63) is 17.0 Å². The van der Waals surface area contributed by atoms with Crippen molar-refractivity contribution in [3.8, 4) is 5.88 Å². The van der Waals surface area contributed by atoms with Gasteiger partial charge in [0, 0.05) is 19.0 Å². The Balaban J connectivity index is 2.44. The molecule has 0 bridgehead atoms. The van der Waals surface area contributed by atoms with Gasteiger partial charge in [-0.2, -0.15) is 4.98 Å². The smallest absolute Gasteiger partial charge is 0.218 e. The molecule has 16 heavy (non-hydrogen) atoms. The van der Waals surface area contributed by atoms with Crippen molar-refractivity contribution in [2.75, 3.05) is 27.2 Å². The molecule has 0 aromatic carbocycles. The summed E-state index contributed by atoms with van der Waals surface area (Å²) >= 11 is 5.85. The molecule has 0 saturated heterocycles. The lowest BCUT2D eigenvalue weighted by molar-refractivity contribution is 0.272. The maximum absolute atomic E-state index is 5.85. The Kier molecular flexibility index (Phi) is 5.49. The summed E-state index contributed by atoms with van der Waals surface area (Å²) in [5.74, 6) is 1.28. The number of halogens is 1. The first kappa shape index (κ1) is 13.2. The first-order chi connectivity index (χ1) is 7.61. The lowest BCUT2D eigenvalue weighted by Gasteiger charge is -2.10. The minimum atomic E-state index is 0.439. The van der Waals surface area contributed by atoms with Crippen molar-refractivity contribution in [2.24, 2.45) is 0 Å². The van der Waals surface area contributed by atoms with Crippen molar-refractivity contribution in [2.45, 2.75) is 19.8 Å². The molecule has 1 rings (SSSR count). The van der Waals surface area contributed by atoms with E-state index in [0.29, 0.717) is 17.6 Å². The summed E-state index contributed by atoms with van der Waals surface area (Å²) in [5, 5.41) is 0.439. The van der Waals surface area contributed by atoms with Crippen LogP contribution in [0.4, 0.5) is 0 Å². The molecule has 0 fully saturated rings. The van der Waals surface area contributed by atoms with Gasteiger partial charge in [-0.25, -0.2) is 4.98 Å². The molecule has 0 radical (unpaired) electrons. The third kappa shape index (κ3) is 4.77. The minimum absolute atomic E-state index is 0.439. The molecule has 0 N–H and O–H groups in total. The first-order valence-corrected chi connectivity index (χ1v) is 5.80. The Labute approximate surface area is 102 Å². The number of ether oxygens (including phenoxy) is 1. The van der Waals surface area contributed by atoms with Crippen LogP contribution in [0.3, 0.4) is 0 Å². The highest BCUT2D eigenvalue weighted by Gasteiger charge is 2.02. The average Bonchev–Trinajstić information content (AvgIpc) is 2.23. The van der Waals surface area contributed by atoms with Gasteiger partial charge < -0.3 is 9.64 Å². The first-order valence-electron chi connectivity index (χ1n) is 5.42. The van der Waals surface area contributed by atoms with E-state index in [0.717, 1.165) is 25.2 Å². The predicted octanol–water partition coefficient (Wildman–Crippen LogP) is 2.02. The Morgan fingerprint density at radius 1 is 1.38 bits per heavy atom. The summed E-state index contributed by atoms with van der Waals surface area (Å²) in [6.07, 6.45) is 1.73. The Morgan fingerprint density at radius 2 is 2.12 bits per heavy atom. The molecule has 0 amide bonds. The summed E-state index contributed by atoms with van der Waals surface area (Å²) in [6, 6.07) is 1.65. The zero-order valence-electron chi connectivity index (χ0n) is 10.0. The summed E-state index contributed by atoms with van der Waals surface area (Å²) in [6.45, 7) is 3.63. The van der Waals surface area contributed by atoms with E-state index >= 15 is 0 Å². The maximum atomic E-state index is 5.85. The van der Waals surface area contributed by atoms with Gasteiger partial charge in [-0.3, -0.25) is 0 Å². The standard InChI is InChI=1S/C11H18ClN3O/c1-4-10-13-9(12)8-11(14-10)16-7-5-6-15(2)3/h8H,4-7H2,1-3H3. The molecule has 0 aliphatic rings. The van der Waals surface area contributed by atoms with Gasteiger partial charge >= 0.3 is 0 Å². The molecular formula is C11H18ClN3O. The lowest BCUT2D eigenvalue weighted by Crippen LogP contribution is -2.15. The van der Waals surface area contributed by atoms with E-state index in [2.05, 4.69) is 14.9 Å². The maximum Gasteiger partial charge on any atom is 0.218 e. The van der Waals surface area contributed by atoms with E-state index in [1.807, 2.05) is 21.0 Å². The van der Waals surface area contributed by atoms with Crippen molar-refractivity contribution in [3.63, 3.8) is 0 Å². The van der Waals surface area contributed by atoms with Crippen LogP contribution in [0.5, 0.6) is 5.88 Å².